The number of benzene rings is 2. The van der Waals surface area contributed by atoms with Crippen LogP contribution in [-0.4, -0.2) is 23.2 Å². The highest BCUT2D eigenvalue weighted by Gasteiger charge is 2.18. The molecule has 2 aromatic heterocycles. The van der Waals surface area contributed by atoms with E-state index in [1.807, 2.05) is 54.6 Å². The van der Waals surface area contributed by atoms with Gasteiger partial charge in [-0.15, -0.1) is 11.3 Å². The average molecular weight is 452 g/mol. The number of aliphatic hydroxyl groups excluding tert-OH is 1. The number of thiophene rings is 1. The molecule has 2 aromatic carbocycles. The molecule has 2 N–H and O–H groups in total. The number of aromatic nitrogens is 1. The summed E-state index contributed by atoms with van der Waals surface area (Å²) in [5.74, 6) is 0.801. The van der Waals surface area contributed by atoms with Crippen LogP contribution < -0.4 is 15.0 Å². The molecule has 31 heavy (non-hydrogen) atoms. The molecule has 0 bridgehead atoms. The largest absolute Gasteiger partial charge is 0.489 e. The zero-order chi connectivity index (χ0) is 21.0. The van der Waals surface area contributed by atoms with Gasteiger partial charge in [0, 0.05) is 18.8 Å². The number of nitrogens with one attached hydrogen (secondary N) is 1. The predicted molar refractivity (Wildman–Crippen MR) is 129 cm³/mol. The highest BCUT2D eigenvalue weighted by atomic mass is 32.1. The molecule has 3 heterocycles. The maximum atomic E-state index is 10.7. The minimum atomic E-state index is -0.763. The van der Waals surface area contributed by atoms with Crippen LogP contribution in [0.5, 0.6) is 5.75 Å². The molecular weight excluding hydrogens is 426 g/mol. The Morgan fingerprint density at radius 2 is 1.77 bits per heavy atom. The van der Waals surface area contributed by atoms with Gasteiger partial charge in [0.1, 0.15) is 17.2 Å². The molecule has 1 aliphatic rings. The Morgan fingerprint density at radius 1 is 1.00 bits per heavy atom. The maximum Gasteiger partial charge on any atom is 0.187 e. The second kappa shape index (κ2) is 9.26. The molecule has 1 aliphatic heterocycles. The summed E-state index contributed by atoms with van der Waals surface area (Å²) in [5, 5.41) is 14.9. The van der Waals surface area contributed by atoms with E-state index in [0.29, 0.717) is 6.61 Å². The van der Waals surface area contributed by atoms with Gasteiger partial charge in [0.15, 0.2) is 11.4 Å². The molecule has 1 saturated heterocycles. The van der Waals surface area contributed by atoms with Gasteiger partial charge >= 0.3 is 0 Å². The fourth-order valence-corrected chi connectivity index (χ4v) is 5.92. The number of rotatable bonds is 7. The van der Waals surface area contributed by atoms with Crippen LogP contribution in [0.1, 0.15) is 35.9 Å². The number of piperidine rings is 1. The zero-order valence-corrected chi connectivity index (χ0v) is 18.8. The smallest absolute Gasteiger partial charge is 0.187 e. The number of aliphatic hydroxyl groups is 1. The van der Waals surface area contributed by atoms with Crippen molar-refractivity contribution in [3.63, 3.8) is 0 Å². The molecule has 0 amide bonds. The number of hydrogen-bond donors (Lipinski definition) is 2. The average Bonchev–Trinajstić information content (AvgIpc) is 3.40. The van der Waals surface area contributed by atoms with E-state index in [2.05, 4.69) is 16.3 Å². The van der Waals surface area contributed by atoms with Crippen LogP contribution in [0.4, 0.5) is 10.8 Å². The number of anilines is 2. The van der Waals surface area contributed by atoms with Gasteiger partial charge in [-0.3, -0.25) is 0 Å². The Labute approximate surface area is 189 Å². The highest BCUT2D eigenvalue weighted by Crippen LogP contribution is 2.37. The van der Waals surface area contributed by atoms with Crippen molar-refractivity contribution in [3.8, 4) is 5.75 Å². The Balaban J connectivity index is 1.19. The van der Waals surface area contributed by atoms with E-state index in [1.165, 1.54) is 19.3 Å². The molecule has 5 nitrogen and oxygen atoms in total. The van der Waals surface area contributed by atoms with Crippen molar-refractivity contribution in [2.24, 2.45) is 0 Å². The lowest BCUT2D eigenvalue weighted by atomic mass is 10.1. The number of ether oxygens (including phenoxy) is 1. The molecule has 4 aromatic rings. The van der Waals surface area contributed by atoms with Crippen molar-refractivity contribution in [1.29, 1.82) is 0 Å². The first-order valence-corrected chi connectivity index (χ1v) is 12.2. The van der Waals surface area contributed by atoms with Gasteiger partial charge in [0.2, 0.25) is 0 Å². The summed E-state index contributed by atoms with van der Waals surface area (Å²) in [6.45, 7) is 2.74. The first-order valence-electron chi connectivity index (χ1n) is 10.6. The normalized spacial score (nSPS) is 15.2. The fraction of sp³-hybridized carbons (Fsp3) is 0.292. The third-order valence-electron chi connectivity index (χ3n) is 5.40. The van der Waals surface area contributed by atoms with E-state index in [1.54, 1.807) is 22.7 Å². The highest BCUT2D eigenvalue weighted by molar-refractivity contribution is 7.29. The SMILES string of the molecule is OC(Nc1ccc(OCc2ccccc2)cc1)c1cc2sc(N3CCCCC3)nc2s1. The lowest BCUT2D eigenvalue weighted by Crippen LogP contribution is -2.29. The molecular formula is C24H25N3O2S2. The van der Waals surface area contributed by atoms with Crippen molar-refractivity contribution in [2.75, 3.05) is 23.3 Å². The fourth-order valence-electron chi connectivity index (χ4n) is 3.71. The third-order valence-corrected chi connectivity index (χ3v) is 7.67. The maximum absolute atomic E-state index is 10.7. The summed E-state index contributed by atoms with van der Waals surface area (Å²) >= 11 is 3.28. The van der Waals surface area contributed by atoms with E-state index in [-0.39, 0.29) is 0 Å². The van der Waals surface area contributed by atoms with Crippen LogP contribution in [0, 0.1) is 0 Å². The number of thiazole rings is 1. The summed E-state index contributed by atoms with van der Waals surface area (Å²) in [6.07, 6.45) is 3.05. The van der Waals surface area contributed by atoms with Gasteiger partial charge in [0.25, 0.3) is 0 Å². The molecule has 1 unspecified atom stereocenters. The van der Waals surface area contributed by atoms with E-state index in [4.69, 9.17) is 9.72 Å². The standard InChI is InChI=1S/C24H25N3O2S2/c28-22(20-15-21-23(30-20)26-24(31-21)27-13-5-2-6-14-27)25-18-9-11-19(12-10-18)29-16-17-7-3-1-4-8-17/h1,3-4,7-12,15,22,25,28H,2,5-6,13-14,16H2. The minimum Gasteiger partial charge on any atom is -0.489 e. The molecule has 0 saturated carbocycles. The molecule has 0 aliphatic carbocycles. The number of hydrogen-bond acceptors (Lipinski definition) is 7. The van der Waals surface area contributed by atoms with Crippen molar-refractivity contribution in [1.82, 2.24) is 4.98 Å². The lowest BCUT2D eigenvalue weighted by Gasteiger charge is -2.25. The summed E-state index contributed by atoms with van der Waals surface area (Å²) in [4.78, 5) is 9.08. The lowest BCUT2D eigenvalue weighted by molar-refractivity contribution is 0.212. The van der Waals surface area contributed by atoms with Gasteiger partial charge in [-0.25, -0.2) is 4.98 Å². The zero-order valence-electron chi connectivity index (χ0n) is 17.2. The van der Waals surface area contributed by atoms with E-state index >= 15 is 0 Å². The molecule has 0 spiro atoms. The molecule has 0 radical (unpaired) electrons. The van der Waals surface area contributed by atoms with Crippen molar-refractivity contribution < 1.29 is 9.84 Å². The van der Waals surface area contributed by atoms with Crippen LogP contribution in [0.2, 0.25) is 0 Å². The Bertz CT molecular complexity index is 1090. The van der Waals surface area contributed by atoms with Crippen molar-refractivity contribution >= 4 is 43.0 Å². The van der Waals surface area contributed by atoms with Crippen LogP contribution in [0.25, 0.3) is 9.53 Å². The van der Waals surface area contributed by atoms with Crippen LogP contribution in [0.15, 0.2) is 60.7 Å². The summed E-state index contributed by atoms with van der Waals surface area (Å²) < 4.78 is 6.97. The van der Waals surface area contributed by atoms with Crippen LogP contribution >= 0.6 is 22.7 Å². The molecule has 160 valence electrons. The summed E-state index contributed by atoms with van der Waals surface area (Å²) in [5.41, 5.74) is 1.98. The molecule has 5 rings (SSSR count). The Morgan fingerprint density at radius 3 is 2.52 bits per heavy atom. The summed E-state index contributed by atoms with van der Waals surface area (Å²) in [7, 11) is 0. The second-order valence-corrected chi connectivity index (χ2v) is 9.78. The second-order valence-electron chi connectivity index (χ2n) is 7.71. The Hall–Kier alpha value is -2.61. The Kier molecular flexibility index (Phi) is 6.06. The van der Waals surface area contributed by atoms with Gasteiger partial charge in [-0.05, 0) is 55.2 Å². The van der Waals surface area contributed by atoms with Gasteiger partial charge in [-0.1, -0.05) is 41.7 Å². The number of fused-ring (bicyclic) bond motifs is 1. The van der Waals surface area contributed by atoms with Gasteiger partial charge < -0.3 is 20.1 Å². The monoisotopic (exact) mass is 451 g/mol. The topological polar surface area (TPSA) is 57.6 Å². The van der Waals surface area contributed by atoms with Crippen LogP contribution in [-0.2, 0) is 6.61 Å². The molecule has 7 heteroatoms. The van der Waals surface area contributed by atoms with E-state index in [9.17, 15) is 5.11 Å². The minimum absolute atomic E-state index is 0.536. The van der Waals surface area contributed by atoms with Crippen LogP contribution in [0.3, 0.4) is 0 Å². The summed E-state index contributed by atoms with van der Waals surface area (Å²) in [6, 6.07) is 19.8. The van der Waals surface area contributed by atoms with Crippen molar-refractivity contribution in [2.45, 2.75) is 32.1 Å². The number of nitrogens with zero attached hydrogens (tertiary/aromatic N) is 2. The first-order chi connectivity index (χ1) is 15.2. The van der Waals surface area contributed by atoms with Gasteiger partial charge in [0.05, 0.1) is 9.58 Å². The molecule has 1 fully saturated rings. The third kappa shape index (κ3) is 4.84. The quantitative estimate of drug-likeness (QED) is 0.336. The van der Waals surface area contributed by atoms with Gasteiger partial charge in [-0.2, -0.15) is 0 Å². The van der Waals surface area contributed by atoms with E-state index in [0.717, 1.165) is 49.6 Å². The van der Waals surface area contributed by atoms with Crippen molar-refractivity contribution in [3.05, 3.63) is 71.1 Å². The predicted octanol–water partition coefficient (Wildman–Crippen LogP) is 6.03. The first kappa shape index (κ1) is 20.3. The molecule has 1 atom stereocenters. The van der Waals surface area contributed by atoms with E-state index < -0.39 is 6.23 Å².